The molecule has 0 aliphatic carbocycles. The molecule has 2 N–H and O–H groups in total. The third-order valence-corrected chi connectivity index (χ3v) is 3.40. The number of amides is 2. The van der Waals surface area contributed by atoms with Crippen molar-refractivity contribution < 1.29 is 23.5 Å². The summed E-state index contributed by atoms with van der Waals surface area (Å²) in [4.78, 5) is 24.2. The van der Waals surface area contributed by atoms with Gasteiger partial charge in [0.2, 0.25) is 0 Å². The number of carboxylic acids is 1. The van der Waals surface area contributed by atoms with Crippen molar-refractivity contribution in [3.8, 4) is 0 Å². The van der Waals surface area contributed by atoms with Gasteiger partial charge in [0.05, 0.1) is 12.0 Å². The normalized spacial score (nSPS) is 24.1. The van der Waals surface area contributed by atoms with Gasteiger partial charge in [-0.3, -0.25) is 4.79 Å². The standard InChI is InChI=1S/C11H18F2N2O3/c1-2-11(9(16)17)4-3-5-15(7-11)10(18)14-6-8(12)13/h8H,2-7H2,1H3,(H,14,18)(H,16,17). The second-order valence-corrected chi connectivity index (χ2v) is 4.54. The van der Waals surface area contributed by atoms with Crippen LogP contribution in [0.5, 0.6) is 0 Å². The maximum absolute atomic E-state index is 12.0. The number of carbonyl (C=O) groups is 2. The van der Waals surface area contributed by atoms with Crippen LogP contribution in [0.4, 0.5) is 13.6 Å². The molecule has 7 heteroatoms. The minimum Gasteiger partial charge on any atom is -0.481 e. The molecule has 0 radical (unpaired) electrons. The molecule has 18 heavy (non-hydrogen) atoms. The Hall–Kier alpha value is -1.40. The number of urea groups is 1. The Labute approximate surface area is 104 Å². The highest BCUT2D eigenvalue weighted by Crippen LogP contribution is 2.33. The monoisotopic (exact) mass is 264 g/mol. The van der Waals surface area contributed by atoms with E-state index in [1.807, 2.05) is 0 Å². The van der Waals surface area contributed by atoms with E-state index in [4.69, 9.17) is 0 Å². The number of hydrogen-bond donors (Lipinski definition) is 2. The number of hydrogen-bond acceptors (Lipinski definition) is 2. The quantitative estimate of drug-likeness (QED) is 0.809. The van der Waals surface area contributed by atoms with Gasteiger partial charge in [0.1, 0.15) is 0 Å². The van der Waals surface area contributed by atoms with E-state index in [0.717, 1.165) is 0 Å². The Kier molecular flexibility index (Phi) is 4.86. The van der Waals surface area contributed by atoms with Crippen molar-refractivity contribution in [3.63, 3.8) is 0 Å². The number of carbonyl (C=O) groups excluding carboxylic acids is 1. The molecule has 104 valence electrons. The van der Waals surface area contributed by atoms with E-state index in [2.05, 4.69) is 5.32 Å². The van der Waals surface area contributed by atoms with Gasteiger partial charge in [-0.05, 0) is 19.3 Å². The molecular weight excluding hydrogens is 246 g/mol. The van der Waals surface area contributed by atoms with E-state index in [0.29, 0.717) is 25.8 Å². The van der Waals surface area contributed by atoms with Crippen LogP contribution in [-0.2, 0) is 4.79 Å². The second-order valence-electron chi connectivity index (χ2n) is 4.54. The van der Waals surface area contributed by atoms with Crippen LogP contribution < -0.4 is 5.32 Å². The maximum Gasteiger partial charge on any atom is 0.317 e. The van der Waals surface area contributed by atoms with Crippen molar-refractivity contribution in [1.82, 2.24) is 10.2 Å². The molecule has 1 unspecified atom stereocenters. The first-order valence-electron chi connectivity index (χ1n) is 5.95. The number of carboxylic acid groups (broad SMARTS) is 1. The summed E-state index contributed by atoms with van der Waals surface area (Å²) in [7, 11) is 0. The third kappa shape index (κ3) is 3.30. The summed E-state index contributed by atoms with van der Waals surface area (Å²) >= 11 is 0. The minimum atomic E-state index is -2.60. The minimum absolute atomic E-state index is 0.0773. The highest BCUT2D eigenvalue weighted by molar-refractivity contribution is 5.78. The molecule has 0 saturated carbocycles. The summed E-state index contributed by atoms with van der Waals surface area (Å²) in [6.07, 6.45) is -1.10. The molecule has 1 aliphatic heterocycles. The van der Waals surface area contributed by atoms with Gasteiger partial charge in [-0.15, -0.1) is 0 Å². The SMILES string of the molecule is CCC1(C(=O)O)CCCN(C(=O)NCC(F)F)C1. The predicted molar refractivity (Wildman–Crippen MR) is 60.6 cm³/mol. The number of alkyl halides is 2. The van der Waals surface area contributed by atoms with Crippen LogP contribution in [0.1, 0.15) is 26.2 Å². The van der Waals surface area contributed by atoms with Crippen LogP contribution in [0.15, 0.2) is 0 Å². The van der Waals surface area contributed by atoms with Gasteiger partial charge in [0.15, 0.2) is 0 Å². The number of nitrogens with zero attached hydrogens (tertiary/aromatic N) is 1. The molecule has 1 rings (SSSR count). The predicted octanol–water partition coefficient (Wildman–Crippen LogP) is 1.54. The van der Waals surface area contributed by atoms with E-state index < -0.39 is 30.4 Å². The van der Waals surface area contributed by atoms with Gasteiger partial charge in [-0.1, -0.05) is 6.92 Å². The molecule has 0 bridgehead atoms. The van der Waals surface area contributed by atoms with Gasteiger partial charge < -0.3 is 15.3 Å². The highest BCUT2D eigenvalue weighted by Gasteiger charge is 2.42. The van der Waals surface area contributed by atoms with E-state index in [1.165, 1.54) is 4.90 Å². The lowest BCUT2D eigenvalue weighted by molar-refractivity contribution is -0.152. The first-order chi connectivity index (χ1) is 8.41. The fourth-order valence-electron chi connectivity index (χ4n) is 2.20. The van der Waals surface area contributed by atoms with Gasteiger partial charge in [0, 0.05) is 13.1 Å². The molecule has 0 aromatic rings. The molecule has 0 aromatic carbocycles. The Morgan fingerprint density at radius 3 is 2.67 bits per heavy atom. The van der Waals surface area contributed by atoms with Crippen molar-refractivity contribution in [2.75, 3.05) is 19.6 Å². The van der Waals surface area contributed by atoms with Gasteiger partial charge in [-0.25, -0.2) is 13.6 Å². The molecule has 1 atom stereocenters. The van der Waals surface area contributed by atoms with Crippen LogP contribution in [0.3, 0.4) is 0 Å². The molecule has 2 amide bonds. The smallest absolute Gasteiger partial charge is 0.317 e. The number of halogens is 2. The van der Waals surface area contributed by atoms with Crippen LogP contribution in [0.25, 0.3) is 0 Å². The Bertz CT molecular complexity index is 325. The first-order valence-corrected chi connectivity index (χ1v) is 5.95. The molecule has 1 heterocycles. The highest BCUT2D eigenvalue weighted by atomic mass is 19.3. The Morgan fingerprint density at radius 1 is 1.50 bits per heavy atom. The summed E-state index contributed by atoms with van der Waals surface area (Å²) in [5.74, 6) is -0.934. The average Bonchev–Trinajstić information content (AvgIpc) is 2.35. The number of nitrogens with one attached hydrogen (secondary N) is 1. The summed E-state index contributed by atoms with van der Waals surface area (Å²) in [5, 5.41) is 11.3. The van der Waals surface area contributed by atoms with Crippen LogP contribution in [-0.4, -0.2) is 48.1 Å². The van der Waals surface area contributed by atoms with Gasteiger partial charge in [-0.2, -0.15) is 0 Å². The number of aliphatic carboxylic acids is 1. The molecule has 1 saturated heterocycles. The summed E-state index contributed by atoms with van der Waals surface area (Å²) in [6, 6.07) is -0.617. The first kappa shape index (κ1) is 14.7. The number of rotatable bonds is 4. The zero-order valence-corrected chi connectivity index (χ0v) is 10.3. The zero-order chi connectivity index (χ0) is 13.8. The van der Waals surface area contributed by atoms with Crippen molar-refractivity contribution in [2.24, 2.45) is 5.41 Å². The van der Waals surface area contributed by atoms with E-state index >= 15 is 0 Å². The lowest BCUT2D eigenvalue weighted by Crippen LogP contribution is -2.52. The molecule has 0 spiro atoms. The van der Waals surface area contributed by atoms with Crippen molar-refractivity contribution >= 4 is 12.0 Å². The summed E-state index contributed by atoms with van der Waals surface area (Å²) in [6.45, 7) is 1.54. The van der Waals surface area contributed by atoms with Gasteiger partial charge >= 0.3 is 12.0 Å². The topological polar surface area (TPSA) is 69.6 Å². The average molecular weight is 264 g/mol. The summed E-state index contributed by atoms with van der Waals surface area (Å²) in [5.41, 5.74) is -0.944. The van der Waals surface area contributed by atoms with Crippen LogP contribution in [0, 0.1) is 5.41 Å². The largest absolute Gasteiger partial charge is 0.481 e. The third-order valence-electron chi connectivity index (χ3n) is 3.40. The molecule has 0 aromatic heterocycles. The van der Waals surface area contributed by atoms with E-state index in [9.17, 15) is 23.5 Å². The van der Waals surface area contributed by atoms with Crippen LogP contribution in [0.2, 0.25) is 0 Å². The Morgan fingerprint density at radius 2 is 2.17 bits per heavy atom. The maximum atomic E-state index is 12.0. The number of piperidine rings is 1. The summed E-state index contributed by atoms with van der Waals surface area (Å²) < 4.78 is 24.0. The molecule has 1 fully saturated rings. The Balaban J connectivity index is 2.63. The van der Waals surface area contributed by atoms with Gasteiger partial charge in [0.25, 0.3) is 6.43 Å². The van der Waals surface area contributed by atoms with Crippen LogP contribution >= 0.6 is 0 Å². The fraction of sp³-hybridized carbons (Fsp3) is 0.818. The molecule has 1 aliphatic rings. The number of likely N-dealkylation sites (tertiary alicyclic amines) is 1. The second kappa shape index (κ2) is 5.97. The van der Waals surface area contributed by atoms with Crippen molar-refractivity contribution in [1.29, 1.82) is 0 Å². The molecule has 5 nitrogen and oxygen atoms in total. The van der Waals surface area contributed by atoms with E-state index in [-0.39, 0.29) is 6.54 Å². The lowest BCUT2D eigenvalue weighted by Gasteiger charge is -2.39. The van der Waals surface area contributed by atoms with E-state index in [1.54, 1.807) is 6.92 Å². The lowest BCUT2D eigenvalue weighted by atomic mass is 9.78. The molecular formula is C11H18F2N2O3. The zero-order valence-electron chi connectivity index (χ0n) is 10.3. The fourth-order valence-corrected chi connectivity index (χ4v) is 2.20. The van der Waals surface area contributed by atoms with Crippen molar-refractivity contribution in [2.45, 2.75) is 32.6 Å². The van der Waals surface area contributed by atoms with Crippen molar-refractivity contribution in [3.05, 3.63) is 0 Å².